The molecule has 2 aromatic rings. The molecule has 0 saturated heterocycles. The average Bonchev–Trinajstić information content (AvgIpc) is 2.78. The van der Waals surface area contributed by atoms with Crippen LogP contribution in [-0.2, 0) is 0 Å². The average molecular weight is 347 g/mol. The summed E-state index contributed by atoms with van der Waals surface area (Å²) in [5.41, 5.74) is 18.5. The Hall–Kier alpha value is -1.64. The molecule has 0 radical (unpaired) electrons. The van der Waals surface area contributed by atoms with Crippen LogP contribution in [0.4, 0.5) is 11.4 Å². The number of nitrogens with two attached hydrogens (primary N) is 2. The minimum absolute atomic E-state index is 0.630. The Kier molecular flexibility index (Phi) is 4.56. The van der Waals surface area contributed by atoms with Gasteiger partial charge in [0.25, 0.3) is 0 Å². The Morgan fingerprint density at radius 1 is 0.870 bits per heavy atom. The van der Waals surface area contributed by atoms with Gasteiger partial charge in [-0.05, 0) is 53.8 Å². The second-order valence-corrected chi connectivity index (χ2v) is 6.78. The minimum atomic E-state index is 0.630. The maximum Gasteiger partial charge on any atom is 0.0511 e. The van der Waals surface area contributed by atoms with Crippen molar-refractivity contribution >= 4 is 40.1 Å². The van der Waals surface area contributed by atoms with Gasteiger partial charge in [-0.1, -0.05) is 49.0 Å². The molecule has 0 unspecified atom stereocenters. The van der Waals surface area contributed by atoms with Crippen LogP contribution in [0.25, 0.3) is 16.7 Å². The molecule has 0 aliphatic heterocycles. The van der Waals surface area contributed by atoms with Gasteiger partial charge >= 0.3 is 0 Å². The largest absolute Gasteiger partial charge is 0.399 e. The summed E-state index contributed by atoms with van der Waals surface area (Å²) in [5.74, 6) is 0. The van der Waals surface area contributed by atoms with Crippen LogP contribution in [0.5, 0.6) is 0 Å². The molecule has 0 spiro atoms. The van der Waals surface area contributed by atoms with E-state index >= 15 is 0 Å². The van der Waals surface area contributed by atoms with Crippen LogP contribution in [0, 0.1) is 0 Å². The van der Waals surface area contributed by atoms with Crippen LogP contribution >= 0.6 is 23.2 Å². The number of hydrogen-bond donors (Lipinski definition) is 2. The summed E-state index contributed by atoms with van der Waals surface area (Å²) in [4.78, 5) is 0. The predicted octanol–water partition coefficient (Wildman–Crippen LogP) is 6.15. The highest BCUT2D eigenvalue weighted by Gasteiger charge is 2.28. The number of benzene rings is 2. The molecule has 0 fully saturated rings. The van der Waals surface area contributed by atoms with Gasteiger partial charge in [0.2, 0.25) is 0 Å². The molecule has 2 aromatic carbocycles. The molecule has 3 rings (SSSR count). The highest BCUT2D eigenvalue weighted by molar-refractivity contribution is 6.39. The zero-order valence-electron chi connectivity index (χ0n) is 13.1. The Morgan fingerprint density at radius 3 is 1.87 bits per heavy atom. The zero-order valence-corrected chi connectivity index (χ0v) is 14.6. The fourth-order valence-electron chi connectivity index (χ4n) is 3.19. The molecule has 0 heterocycles. The van der Waals surface area contributed by atoms with E-state index < -0.39 is 0 Å². The van der Waals surface area contributed by atoms with Gasteiger partial charge in [-0.2, -0.15) is 0 Å². The van der Waals surface area contributed by atoms with E-state index in [1.807, 2.05) is 12.1 Å². The van der Waals surface area contributed by atoms with Crippen molar-refractivity contribution in [2.75, 3.05) is 11.5 Å². The lowest BCUT2D eigenvalue weighted by molar-refractivity contribution is 0.730. The van der Waals surface area contributed by atoms with Crippen molar-refractivity contribution in [2.24, 2.45) is 0 Å². The molecule has 1 aliphatic carbocycles. The van der Waals surface area contributed by atoms with Gasteiger partial charge in [0.15, 0.2) is 0 Å². The van der Waals surface area contributed by atoms with Gasteiger partial charge in [0.1, 0.15) is 0 Å². The lowest BCUT2D eigenvalue weighted by Gasteiger charge is -2.07. The Morgan fingerprint density at radius 2 is 1.39 bits per heavy atom. The highest BCUT2D eigenvalue weighted by atomic mass is 35.5. The first-order valence-corrected chi connectivity index (χ1v) is 8.67. The van der Waals surface area contributed by atoms with Crippen LogP contribution in [0.15, 0.2) is 30.3 Å². The second kappa shape index (κ2) is 6.46. The second-order valence-electron chi connectivity index (χ2n) is 5.96. The third-order valence-electron chi connectivity index (χ3n) is 4.21. The monoisotopic (exact) mass is 346 g/mol. The van der Waals surface area contributed by atoms with E-state index in [0.717, 1.165) is 40.7 Å². The van der Waals surface area contributed by atoms with Crippen molar-refractivity contribution < 1.29 is 0 Å². The smallest absolute Gasteiger partial charge is 0.0511 e. The van der Waals surface area contributed by atoms with Crippen LogP contribution in [-0.4, -0.2) is 0 Å². The summed E-state index contributed by atoms with van der Waals surface area (Å²) in [7, 11) is 0. The molecular formula is C19H20Cl2N2. The topological polar surface area (TPSA) is 52.0 Å². The molecular weight excluding hydrogens is 327 g/mol. The maximum absolute atomic E-state index is 6.47. The molecule has 0 bridgehead atoms. The molecule has 120 valence electrons. The Balaban J connectivity index is 2.19. The molecule has 2 nitrogen and oxygen atoms in total. The highest BCUT2D eigenvalue weighted by Crippen LogP contribution is 2.52. The van der Waals surface area contributed by atoms with E-state index in [9.17, 15) is 0 Å². The molecule has 23 heavy (non-hydrogen) atoms. The summed E-state index contributed by atoms with van der Waals surface area (Å²) in [5, 5.41) is 1.26. The van der Waals surface area contributed by atoms with E-state index in [4.69, 9.17) is 34.7 Å². The normalized spacial score (nSPS) is 12.2. The molecule has 4 heteroatoms. The number of nitrogen functional groups attached to an aromatic ring is 2. The fourth-order valence-corrected chi connectivity index (χ4v) is 3.84. The third-order valence-corrected chi connectivity index (χ3v) is 4.81. The number of rotatable bonds is 4. The van der Waals surface area contributed by atoms with E-state index in [1.165, 1.54) is 12.8 Å². The summed E-state index contributed by atoms with van der Waals surface area (Å²) in [6.07, 6.45) is 6.86. The van der Waals surface area contributed by atoms with Crippen LogP contribution in [0.2, 0.25) is 10.0 Å². The van der Waals surface area contributed by atoms with Crippen LogP contribution in [0.1, 0.15) is 43.7 Å². The van der Waals surface area contributed by atoms with Crippen LogP contribution < -0.4 is 11.5 Å². The number of fused-ring (bicyclic) bond motifs is 3. The first kappa shape index (κ1) is 16.2. The van der Waals surface area contributed by atoms with Gasteiger partial charge in [0.05, 0.1) is 10.0 Å². The molecule has 0 aromatic heterocycles. The Labute approximate surface area is 147 Å². The maximum atomic E-state index is 6.47. The quantitative estimate of drug-likeness (QED) is 0.439. The third kappa shape index (κ3) is 2.93. The molecule has 4 N–H and O–H groups in total. The number of halogens is 2. The number of anilines is 2. The van der Waals surface area contributed by atoms with Crippen molar-refractivity contribution in [3.05, 3.63) is 51.5 Å². The standard InChI is InChI=1S/C19H20Cl2N2/c1-2-3-4-5-6-13-14-7-11(22)9-16(20)18(14)19-15(13)8-12(23)10-17(19)21/h6-10H,2-5,22-23H2,1H3. The predicted molar refractivity (Wildman–Crippen MR) is 102 cm³/mol. The number of allylic oxidation sites excluding steroid dienone is 1. The summed E-state index contributed by atoms with van der Waals surface area (Å²) in [6, 6.07) is 7.49. The van der Waals surface area contributed by atoms with E-state index in [0.29, 0.717) is 21.4 Å². The number of hydrogen-bond acceptors (Lipinski definition) is 2. The summed E-state index contributed by atoms with van der Waals surface area (Å²) < 4.78 is 0. The van der Waals surface area contributed by atoms with Gasteiger partial charge in [-0.3, -0.25) is 0 Å². The lowest BCUT2D eigenvalue weighted by atomic mass is 10.0. The molecule has 0 amide bonds. The van der Waals surface area contributed by atoms with E-state index in [-0.39, 0.29) is 0 Å². The van der Waals surface area contributed by atoms with Crippen molar-refractivity contribution in [3.8, 4) is 11.1 Å². The molecule has 0 atom stereocenters. The summed E-state index contributed by atoms with van der Waals surface area (Å²) in [6.45, 7) is 2.20. The fraction of sp³-hybridized carbons (Fsp3) is 0.263. The van der Waals surface area contributed by atoms with Crippen molar-refractivity contribution in [1.29, 1.82) is 0 Å². The first-order chi connectivity index (χ1) is 11.0. The summed E-state index contributed by atoms with van der Waals surface area (Å²) >= 11 is 12.9. The lowest BCUT2D eigenvalue weighted by Crippen LogP contribution is -1.89. The Bertz CT molecular complexity index is 735. The van der Waals surface area contributed by atoms with Gasteiger partial charge in [-0.15, -0.1) is 0 Å². The molecule has 1 aliphatic rings. The molecule has 0 saturated carbocycles. The van der Waals surface area contributed by atoms with Gasteiger partial charge < -0.3 is 11.5 Å². The SMILES string of the molecule is CCCCCC=C1c2cc(N)cc(Cl)c2-c2c(Cl)cc(N)cc21. The zero-order chi connectivity index (χ0) is 16.6. The number of unbranched alkanes of at least 4 members (excludes halogenated alkanes) is 3. The van der Waals surface area contributed by atoms with E-state index in [2.05, 4.69) is 13.0 Å². The van der Waals surface area contributed by atoms with Crippen LogP contribution in [0.3, 0.4) is 0 Å². The van der Waals surface area contributed by atoms with Crippen molar-refractivity contribution in [3.63, 3.8) is 0 Å². The van der Waals surface area contributed by atoms with Gasteiger partial charge in [0, 0.05) is 22.5 Å². The minimum Gasteiger partial charge on any atom is -0.399 e. The van der Waals surface area contributed by atoms with Gasteiger partial charge in [-0.25, -0.2) is 0 Å². The first-order valence-electron chi connectivity index (χ1n) is 7.92. The van der Waals surface area contributed by atoms with Crippen molar-refractivity contribution in [2.45, 2.75) is 32.6 Å². The van der Waals surface area contributed by atoms with Crippen molar-refractivity contribution in [1.82, 2.24) is 0 Å². The van der Waals surface area contributed by atoms with E-state index in [1.54, 1.807) is 12.1 Å².